The predicted molar refractivity (Wildman–Crippen MR) is 49.5 cm³/mol. The van der Waals surface area contributed by atoms with Gasteiger partial charge in [0.15, 0.2) is 0 Å². The number of fused-ring (bicyclic) bond motifs is 1. The molecule has 0 radical (unpaired) electrons. The number of nitrogens with zero attached hydrogens (tertiary/aromatic N) is 2. The van der Waals surface area contributed by atoms with Crippen molar-refractivity contribution in [3.8, 4) is 0 Å². The SMILES string of the molecule is Nc1c(Br)ccc2nnsc12. The first-order valence-corrected chi connectivity index (χ1v) is 4.52. The number of aromatic nitrogens is 2. The molecule has 0 aliphatic heterocycles. The quantitative estimate of drug-likeness (QED) is 0.704. The maximum absolute atomic E-state index is 5.75. The summed E-state index contributed by atoms with van der Waals surface area (Å²) in [5.74, 6) is 0. The second-order valence-electron chi connectivity index (χ2n) is 2.08. The lowest BCUT2D eigenvalue weighted by atomic mass is 10.3. The van der Waals surface area contributed by atoms with E-state index in [1.165, 1.54) is 11.5 Å². The van der Waals surface area contributed by atoms with Crippen molar-refractivity contribution in [1.82, 2.24) is 9.59 Å². The van der Waals surface area contributed by atoms with Crippen LogP contribution in [0.3, 0.4) is 0 Å². The Bertz CT molecular complexity index is 398. The molecule has 0 spiro atoms. The Hall–Kier alpha value is -0.680. The van der Waals surface area contributed by atoms with Crippen molar-refractivity contribution < 1.29 is 0 Å². The first-order valence-electron chi connectivity index (χ1n) is 2.95. The van der Waals surface area contributed by atoms with Crippen molar-refractivity contribution in [3.05, 3.63) is 16.6 Å². The summed E-state index contributed by atoms with van der Waals surface area (Å²) in [5, 5.41) is 3.89. The molecule has 1 heterocycles. The van der Waals surface area contributed by atoms with E-state index in [4.69, 9.17) is 5.73 Å². The van der Waals surface area contributed by atoms with E-state index in [-0.39, 0.29) is 0 Å². The highest BCUT2D eigenvalue weighted by Crippen LogP contribution is 2.29. The van der Waals surface area contributed by atoms with E-state index in [0.717, 1.165) is 20.4 Å². The Morgan fingerprint density at radius 3 is 3.09 bits per heavy atom. The molecule has 0 bridgehead atoms. The number of nitrogen functional groups attached to an aromatic ring is 1. The van der Waals surface area contributed by atoms with Crippen LogP contribution in [0.25, 0.3) is 10.2 Å². The molecule has 2 rings (SSSR count). The smallest absolute Gasteiger partial charge is 0.108 e. The van der Waals surface area contributed by atoms with Crippen molar-refractivity contribution in [1.29, 1.82) is 0 Å². The third kappa shape index (κ3) is 1.00. The van der Waals surface area contributed by atoms with Crippen LogP contribution in [0.1, 0.15) is 0 Å². The summed E-state index contributed by atoms with van der Waals surface area (Å²) in [4.78, 5) is 0. The lowest BCUT2D eigenvalue weighted by molar-refractivity contribution is 1.20. The van der Waals surface area contributed by atoms with Gasteiger partial charge in [-0.3, -0.25) is 0 Å². The van der Waals surface area contributed by atoms with Gasteiger partial charge in [0.25, 0.3) is 0 Å². The molecule has 0 saturated heterocycles. The van der Waals surface area contributed by atoms with Gasteiger partial charge in [-0.1, -0.05) is 4.49 Å². The van der Waals surface area contributed by atoms with E-state index in [9.17, 15) is 0 Å². The summed E-state index contributed by atoms with van der Waals surface area (Å²) >= 11 is 4.64. The molecule has 0 aliphatic rings. The van der Waals surface area contributed by atoms with Gasteiger partial charge in [0.1, 0.15) is 5.52 Å². The zero-order chi connectivity index (χ0) is 7.84. The number of nitrogens with two attached hydrogens (primary N) is 1. The van der Waals surface area contributed by atoms with Gasteiger partial charge in [0.05, 0.1) is 10.4 Å². The molecule has 3 nitrogen and oxygen atoms in total. The van der Waals surface area contributed by atoms with Crippen LogP contribution in [0.15, 0.2) is 16.6 Å². The summed E-state index contributed by atoms with van der Waals surface area (Å²) in [6.45, 7) is 0. The van der Waals surface area contributed by atoms with E-state index < -0.39 is 0 Å². The molecule has 1 aromatic heterocycles. The topological polar surface area (TPSA) is 51.8 Å². The predicted octanol–water partition coefficient (Wildman–Crippen LogP) is 2.04. The molecule has 0 aliphatic carbocycles. The van der Waals surface area contributed by atoms with Crippen molar-refractivity contribution in [2.24, 2.45) is 0 Å². The van der Waals surface area contributed by atoms with Gasteiger partial charge >= 0.3 is 0 Å². The first-order chi connectivity index (χ1) is 5.29. The standard InChI is InChI=1S/C6H4BrN3S/c7-3-1-2-4-6(5(3)8)11-10-9-4/h1-2H,8H2. The maximum Gasteiger partial charge on any atom is 0.108 e. The highest BCUT2D eigenvalue weighted by Gasteiger charge is 2.04. The Labute approximate surface area is 75.5 Å². The van der Waals surface area contributed by atoms with Crippen LogP contribution in [-0.4, -0.2) is 9.59 Å². The van der Waals surface area contributed by atoms with Gasteiger partial charge in [0.2, 0.25) is 0 Å². The zero-order valence-electron chi connectivity index (χ0n) is 5.41. The van der Waals surface area contributed by atoms with Crippen LogP contribution in [0.2, 0.25) is 0 Å². The van der Waals surface area contributed by atoms with Crippen LogP contribution in [0, 0.1) is 0 Å². The normalized spacial score (nSPS) is 10.6. The molecule has 2 N–H and O–H groups in total. The van der Waals surface area contributed by atoms with Crippen LogP contribution < -0.4 is 5.73 Å². The fourth-order valence-corrected chi connectivity index (χ4v) is 1.93. The summed E-state index contributed by atoms with van der Waals surface area (Å²) in [5.41, 5.74) is 7.32. The van der Waals surface area contributed by atoms with Crippen LogP contribution in [0.4, 0.5) is 5.69 Å². The molecule has 0 unspecified atom stereocenters. The Morgan fingerprint density at radius 2 is 2.27 bits per heavy atom. The van der Waals surface area contributed by atoms with Gasteiger partial charge in [-0.25, -0.2) is 0 Å². The number of hydrogen-bond acceptors (Lipinski definition) is 4. The van der Waals surface area contributed by atoms with E-state index in [1.54, 1.807) is 0 Å². The number of hydrogen-bond donors (Lipinski definition) is 1. The van der Waals surface area contributed by atoms with Gasteiger partial charge < -0.3 is 5.73 Å². The lowest BCUT2D eigenvalue weighted by Crippen LogP contribution is -1.85. The molecule has 0 saturated carbocycles. The Kier molecular flexibility index (Phi) is 1.54. The van der Waals surface area contributed by atoms with E-state index >= 15 is 0 Å². The lowest BCUT2D eigenvalue weighted by Gasteiger charge is -1.95. The van der Waals surface area contributed by atoms with Gasteiger partial charge in [-0.15, -0.1) is 5.10 Å². The average molecular weight is 230 g/mol. The largest absolute Gasteiger partial charge is 0.397 e. The van der Waals surface area contributed by atoms with Crippen molar-refractivity contribution in [2.45, 2.75) is 0 Å². The fourth-order valence-electron chi connectivity index (χ4n) is 0.844. The molecule has 0 atom stereocenters. The molecule has 11 heavy (non-hydrogen) atoms. The Morgan fingerprint density at radius 1 is 1.45 bits per heavy atom. The molecule has 0 fully saturated rings. The molecule has 2 aromatic rings. The van der Waals surface area contributed by atoms with E-state index in [0.29, 0.717) is 0 Å². The molecule has 0 amide bonds. The zero-order valence-corrected chi connectivity index (χ0v) is 7.82. The summed E-state index contributed by atoms with van der Waals surface area (Å²) in [6.07, 6.45) is 0. The maximum atomic E-state index is 5.75. The van der Waals surface area contributed by atoms with Crippen molar-refractivity contribution in [3.63, 3.8) is 0 Å². The molecule has 1 aromatic carbocycles. The summed E-state index contributed by atoms with van der Waals surface area (Å²) < 4.78 is 5.64. The highest BCUT2D eigenvalue weighted by atomic mass is 79.9. The summed E-state index contributed by atoms with van der Waals surface area (Å²) in [7, 11) is 0. The number of anilines is 1. The molecule has 5 heteroatoms. The number of rotatable bonds is 0. The second kappa shape index (κ2) is 2.42. The van der Waals surface area contributed by atoms with E-state index in [2.05, 4.69) is 25.5 Å². The van der Waals surface area contributed by atoms with Crippen LogP contribution in [-0.2, 0) is 0 Å². The monoisotopic (exact) mass is 229 g/mol. The van der Waals surface area contributed by atoms with Crippen molar-refractivity contribution in [2.75, 3.05) is 5.73 Å². The molecular formula is C6H4BrN3S. The van der Waals surface area contributed by atoms with Crippen molar-refractivity contribution >= 4 is 43.4 Å². The second-order valence-corrected chi connectivity index (χ2v) is 3.69. The van der Waals surface area contributed by atoms with Crippen LogP contribution >= 0.6 is 27.5 Å². The first kappa shape index (κ1) is 7.00. The average Bonchev–Trinajstić information content (AvgIpc) is 2.45. The third-order valence-electron chi connectivity index (χ3n) is 1.40. The molecular weight excluding hydrogens is 226 g/mol. The minimum absolute atomic E-state index is 0.720. The number of halogens is 1. The number of benzene rings is 1. The Balaban J connectivity index is 2.93. The fraction of sp³-hybridized carbons (Fsp3) is 0. The highest BCUT2D eigenvalue weighted by molar-refractivity contribution is 9.10. The minimum atomic E-state index is 0.720. The van der Waals surface area contributed by atoms with Gasteiger partial charge in [-0.05, 0) is 39.6 Å². The van der Waals surface area contributed by atoms with Crippen LogP contribution in [0.5, 0.6) is 0 Å². The minimum Gasteiger partial charge on any atom is -0.397 e. The van der Waals surface area contributed by atoms with Gasteiger partial charge in [-0.2, -0.15) is 0 Å². The third-order valence-corrected chi connectivity index (χ3v) is 2.87. The summed E-state index contributed by atoms with van der Waals surface area (Å²) in [6, 6.07) is 3.76. The molecule has 56 valence electrons. The van der Waals surface area contributed by atoms with E-state index in [1.807, 2.05) is 12.1 Å². The van der Waals surface area contributed by atoms with Gasteiger partial charge in [0, 0.05) is 4.47 Å².